The lowest BCUT2D eigenvalue weighted by atomic mass is 9.68. The molecule has 2 fully saturated rings. The summed E-state index contributed by atoms with van der Waals surface area (Å²) in [6, 6.07) is 23.1. The predicted molar refractivity (Wildman–Crippen MR) is 136 cm³/mol. The number of amides is 2. The Kier molecular flexibility index (Phi) is 7.22. The molecule has 0 bridgehead atoms. The number of carbonyl (C=O) groups is 2. The van der Waals surface area contributed by atoms with E-state index in [0.717, 1.165) is 29.7 Å². The largest absolute Gasteiger partial charge is 0.490 e. The van der Waals surface area contributed by atoms with Gasteiger partial charge < -0.3 is 14.5 Å². The number of hydrogen-bond acceptors (Lipinski definition) is 3. The highest BCUT2D eigenvalue weighted by Gasteiger charge is 2.47. The van der Waals surface area contributed by atoms with Gasteiger partial charge in [0.2, 0.25) is 11.8 Å². The van der Waals surface area contributed by atoms with Crippen molar-refractivity contribution >= 4 is 11.8 Å². The molecule has 3 aromatic rings. The number of ether oxygens (including phenoxy) is 1. The van der Waals surface area contributed by atoms with Gasteiger partial charge in [0.15, 0.2) is 11.6 Å². The molecule has 192 valence electrons. The minimum Gasteiger partial charge on any atom is -0.490 e. The van der Waals surface area contributed by atoms with Gasteiger partial charge in [-0.15, -0.1) is 0 Å². The molecule has 0 radical (unpaired) electrons. The summed E-state index contributed by atoms with van der Waals surface area (Å²) >= 11 is 0. The minimum absolute atomic E-state index is 0.0367. The van der Waals surface area contributed by atoms with Gasteiger partial charge in [0.1, 0.15) is 11.9 Å². The van der Waals surface area contributed by atoms with Crippen LogP contribution in [0.2, 0.25) is 0 Å². The standard InChI is InChI=1S/C30H30F2N2O3/c31-26-13-12-25(20-27(26)32)37-24-14-18-33(19-15-24)28(35)21-34-17-7-16-30(29(34)36,22-8-3-1-4-9-22)23-10-5-2-6-11-23/h1-6,8-13,20,24H,7,14-19,21H2. The van der Waals surface area contributed by atoms with Crippen LogP contribution in [-0.4, -0.2) is 53.9 Å². The quantitative estimate of drug-likeness (QED) is 0.478. The normalized spacial score (nSPS) is 18.1. The molecule has 0 N–H and O–H groups in total. The Hall–Kier alpha value is -3.74. The molecule has 5 rings (SSSR count). The third-order valence-electron chi connectivity index (χ3n) is 7.48. The van der Waals surface area contributed by atoms with E-state index in [1.165, 1.54) is 6.07 Å². The summed E-state index contributed by atoms with van der Waals surface area (Å²) in [7, 11) is 0. The van der Waals surface area contributed by atoms with Gasteiger partial charge in [-0.25, -0.2) is 8.78 Å². The molecule has 2 saturated heterocycles. The van der Waals surface area contributed by atoms with Gasteiger partial charge in [0, 0.05) is 38.5 Å². The molecule has 2 heterocycles. The van der Waals surface area contributed by atoms with Gasteiger partial charge in [0.05, 0.1) is 12.0 Å². The third-order valence-corrected chi connectivity index (χ3v) is 7.48. The van der Waals surface area contributed by atoms with Gasteiger partial charge in [-0.3, -0.25) is 9.59 Å². The van der Waals surface area contributed by atoms with Gasteiger partial charge in [0.25, 0.3) is 0 Å². The average molecular weight is 505 g/mol. The first kappa shape index (κ1) is 24.9. The zero-order chi connectivity index (χ0) is 25.8. The zero-order valence-corrected chi connectivity index (χ0v) is 20.6. The van der Waals surface area contributed by atoms with Crippen molar-refractivity contribution in [1.82, 2.24) is 9.80 Å². The van der Waals surface area contributed by atoms with Crippen LogP contribution < -0.4 is 4.74 Å². The van der Waals surface area contributed by atoms with Crippen LogP contribution in [0.3, 0.4) is 0 Å². The van der Waals surface area contributed by atoms with Crippen LogP contribution in [-0.2, 0) is 15.0 Å². The lowest BCUT2D eigenvalue weighted by Gasteiger charge is -2.43. The molecule has 3 aromatic carbocycles. The van der Waals surface area contributed by atoms with Gasteiger partial charge in [-0.1, -0.05) is 60.7 Å². The highest BCUT2D eigenvalue weighted by atomic mass is 19.2. The van der Waals surface area contributed by atoms with Crippen LogP contribution in [0.5, 0.6) is 5.75 Å². The highest BCUT2D eigenvalue weighted by molar-refractivity contribution is 5.95. The van der Waals surface area contributed by atoms with E-state index in [9.17, 15) is 18.4 Å². The van der Waals surface area contributed by atoms with Crippen molar-refractivity contribution in [2.24, 2.45) is 0 Å². The fourth-order valence-corrected chi connectivity index (χ4v) is 5.54. The fourth-order valence-electron chi connectivity index (χ4n) is 5.54. The second-order valence-electron chi connectivity index (χ2n) is 9.74. The van der Waals surface area contributed by atoms with Crippen LogP contribution in [0, 0.1) is 11.6 Å². The molecule has 7 heteroatoms. The molecule has 5 nitrogen and oxygen atoms in total. The number of rotatable bonds is 6. The van der Waals surface area contributed by atoms with Crippen molar-refractivity contribution in [2.75, 3.05) is 26.2 Å². The van der Waals surface area contributed by atoms with E-state index in [1.807, 2.05) is 60.7 Å². The molecule has 0 aromatic heterocycles. The molecule has 0 aliphatic carbocycles. The number of nitrogens with zero attached hydrogens (tertiary/aromatic N) is 2. The van der Waals surface area contributed by atoms with Crippen LogP contribution in [0.1, 0.15) is 36.8 Å². The highest BCUT2D eigenvalue weighted by Crippen LogP contribution is 2.41. The summed E-state index contributed by atoms with van der Waals surface area (Å²) in [5, 5.41) is 0. The van der Waals surface area contributed by atoms with Gasteiger partial charge in [-0.2, -0.15) is 0 Å². The molecule has 0 spiro atoms. The fraction of sp³-hybridized carbons (Fsp3) is 0.333. The second-order valence-corrected chi connectivity index (χ2v) is 9.74. The number of hydrogen-bond donors (Lipinski definition) is 0. The Morgan fingerprint density at radius 1 is 0.865 bits per heavy atom. The van der Waals surface area contributed by atoms with Crippen LogP contribution >= 0.6 is 0 Å². The molecular weight excluding hydrogens is 474 g/mol. The number of carbonyl (C=O) groups excluding carboxylic acids is 2. The van der Waals surface area contributed by atoms with Gasteiger partial charge in [-0.05, 0) is 36.1 Å². The lowest BCUT2D eigenvalue weighted by Crippen LogP contribution is -2.55. The molecule has 37 heavy (non-hydrogen) atoms. The number of halogens is 2. The van der Waals surface area contributed by atoms with E-state index in [1.54, 1.807) is 9.80 Å². The SMILES string of the molecule is O=C(CN1CCCC(c2ccccc2)(c2ccccc2)C1=O)N1CCC(Oc2ccc(F)c(F)c2)CC1. The zero-order valence-electron chi connectivity index (χ0n) is 20.6. The maximum absolute atomic E-state index is 14.1. The first-order valence-corrected chi connectivity index (χ1v) is 12.8. The number of likely N-dealkylation sites (tertiary alicyclic amines) is 2. The topological polar surface area (TPSA) is 49.9 Å². The van der Waals surface area contributed by atoms with Crippen molar-refractivity contribution < 1.29 is 23.1 Å². The summed E-state index contributed by atoms with van der Waals surface area (Å²) in [6.07, 6.45) is 2.46. The first-order chi connectivity index (χ1) is 18.0. The number of benzene rings is 3. The van der Waals surface area contributed by atoms with Crippen molar-refractivity contribution in [3.05, 3.63) is 102 Å². The van der Waals surface area contributed by atoms with Crippen molar-refractivity contribution in [2.45, 2.75) is 37.2 Å². The molecular formula is C30H30F2N2O3. The van der Waals surface area contributed by atoms with E-state index < -0.39 is 17.0 Å². The van der Waals surface area contributed by atoms with Crippen molar-refractivity contribution in [3.8, 4) is 5.75 Å². The molecule has 0 atom stereocenters. The van der Waals surface area contributed by atoms with E-state index in [2.05, 4.69) is 0 Å². The van der Waals surface area contributed by atoms with Crippen molar-refractivity contribution in [1.29, 1.82) is 0 Å². The molecule has 0 unspecified atom stereocenters. The Balaban J connectivity index is 1.25. The third kappa shape index (κ3) is 5.08. The van der Waals surface area contributed by atoms with Gasteiger partial charge >= 0.3 is 0 Å². The van der Waals surface area contributed by atoms with Crippen LogP contribution in [0.4, 0.5) is 8.78 Å². The summed E-state index contributed by atoms with van der Waals surface area (Å²) in [5.74, 6) is -1.71. The Bertz CT molecular complexity index is 1200. The van der Waals surface area contributed by atoms with E-state index in [0.29, 0.717) is 38.9 Å². The Morgan fingerprint density at radius 2 is 1.49 bits per heavy atom. The molecule has 0 saturated carbocycles. The maximum Gasteiger partial charge on any atom is 0.242 e. The lowest BCUT2D eigenvalue weighted by molar-refractivity contribution is -0.146. The molecule has 2 amide bonds. The maximum atomic E-state index is 14.1. The summed E-state index contributed by atoms with van der Waals surface area (Å²) in [5.41, 5.74) is 1.07. The predicted octanol–water partition coefficient (Wildman–Crippen LogP) is 4.94. The number of piperidine rings is 2. The summed E-state index contributed by atoms with van der Waals surface area (Å²) < 4.78 is 32.5. The monoisotopic (exact) mass is 504 g/mol. The Morgan fingerprint density at radius 3 is 2.08 bits per heavy atom. The minimum atomic E-state index is -0.946. The smallest absolute Gasteiger partial charge is 0.242 e. The molecule has 2 aliphatic heterocycles. The first-order valence-electron chi connectivity index (χ1n) is 12.8. The van der Waals surface area contributed by atoms with E-state index in [-0.39, 0.29) is 30.2 Å². The van der Waals surface area contributed by atoms with E-state index in [4.69, 9.17) is 4.74 Å². The summed E-state index contributed by atoms with van der Waals surface area (Å²) in [6.45, 7) is 1.55. The Labute approximate surface area is 215 Å². The summed E-state index contributed by atoms with van der Waals surface area (Å²) in [4.78, 5) is 30.8. The van der Waals surface area contributed by atoms with Crippen LogP contribution in [0.25, 0.3) is 0 Å². The average Bonchev–Trinajstić information content (AvgIpc) is 2.93. The second kappa shape index (κ2) is 10.7. The molecule has 2 aliphatic rings. The van der Waals surface area contributed by atoms with Crippen LogP contribution in [0.15, 0.2) is 78.9 Å². The van der Waals surface area contributed by atoms with E-state index >= 15 is 0 Å². The van der Waals surface area contributed by atoms with Crippen molar-refractivity contribution in [3.63, 3.8) is 0 Å².